The van der Waals surface area contributed by atoms with Crippen molar-refractivity contribution >= 4 is 28.8 Å². The summed E-state index contributed by atoms with van der Waals surface area (Å²) in [6, 6.07) is 9.27. The van der Waals surface area contributed by atoms with Gasteiger partial charge in [-0.2, -0.15) is 0 Å². The predicted molar refractivity (Wildman–Crippen MR) is 97.7 cm³/mol. The Kier molecular flexibility index (Phi) is 6.11. The molecule has 0 bridgehead atoms. The highest BCUT2D eigenvalue weighted by Crippen LogP contribution is 2.16. The molecule has 7 heteroatoms. The molecule has 25 heavy (non-hydrogen) atoms. The van der Waals surface area contributed by atoms with E-state index in [2.05, 4.69) is 15.5 Å². The predicted octanol–water partition coefficient (Wildman–Crippen LogP) is 3.13. The quantitative estimate of drug-likeness (QED) is 0.861. The van der Waals surface area contributed by atoms with Crippen molar-refractivity contribution in [2.75, 3.05) is 18.4 Å². The fourth-order valence-electron chi connectivity index (χ4n) is 2.84. The Labute approximate surface area is 151 Å². The standard InChI is InChI=1S/C18H22N4O2S/c23-16(22-12-5-2-6-13-22)11-7-10-15-20-21-18(25-15)17(24)19-14-8-3-1-4-9-14/h1,3-4,8-9H,2,5-7,10-13H2,(H,19,24). The molecule has 2 aromatic rings. The molecule has 3 rings (SSSR count). The van der Waals surface area contributed by atoms with Gasteiger partial charge in [0.15, 0.2) is 0 Å². The first kappa shape index (κ1) is 17.5. The molecule has 0 radical (unpaired) electrons. The minimum atomic E-state index is -0.251. The number of nitrogens with zero attached hydrogens (tertiary/aromatic N) is 3. The van der Waals surface area contributed by atoms with E-state index in [1.54, 1.807) is 0 Å². The summed E-state index contributed by atoms with van der Waals surface area (Å²) in [6.07, 6.45) is 5.40. The maximum Gasteiger partial charge on any atom is 0.286 e. The number of likely N-dealkylation sites (tertiary alicyclic amines) is 1. The lowest BCUT2D eigenvalue weighted by atomic mass is 10.1. The zero-order valence-electron chi connectivity index (χ0n) is 14.1. The van der Waals surface area contributed by atoms with E-state index in [1.807, 2.05) is 35.2 Å². The Morgan fingerprint density at radius 3 is 2.60 bits per heavy atom. The van der Waals surface area contributed by atoms with E-state index in [0.717, 1.165) is 43.0 Å². The SMILES string of the molecule is O=C(Nc1ccccc1)c1nnc(CCCC(=O)N2CCCCC2)s1. The van der Waals surface area contributed by atoms with Crippen molar-refractivity contribution in [2.45, 2.75) is 38.5 Å². The van der Waals surface area contributed by atoms with Crippen LogP contribution in [0.15, 0.2) is 30.3 Å². The Morgan fingerprint density at radius 1 is 1.08 bits per heavy atom. The van der Waals surface area contributed by atoms with Crippen LogP contribution in [0.3, 0.4) is 0 Å². The van der Waals surface area contributed by atoms with Crippen molar-refractivity contribution in [3.05, 3.63) is 40.3 Å². The van der Waals surface area contributed by atoms with Crippen LogP contribution in [0, 0.1) is 0 Å². The molecular weight excluding hydrogens is 336 g/mol. The van der Waals surface area contributed by atoms with Crippen LogP contribution < -0.4 is 5.32 Å². The molecule has 6 nitrogen and oxygen atoms in total. The van der Waals surface area contributed by atoms with Crippen molar-refractivity contribution in [2.24, 2.45) is 0 Å². The molecule has 0 saturated carbocycles. The highest BCUT2D eigenvalue weighted by Gasteiger charge is 2.17. The lowest BCUT2D eigenvalue weighted by Crippen LogP contribution is -2.35. The number of aromatic nitrogens is 2. The van der Waals surface area contributed by atoms with Crippen LogP contribution >= 0.6 is 11.3 Å². The number of amides is 2. The summed E-state index contributed by atoms with van der Waals surface area (Å²) in [5, 5.41) is 12.0. The highest BCUT2D eigenvalue weighted by molar-refractivity contribution is 7.13. The van der Waals surface area contributed by atoms with Crippen molar-refractivity contribution < 1.29 is 9.59 Å². The lowest BCUT2D eigenvalue weighted by Gasteiger charge is -2.26. The minimum absolute atomic E-state index is 0.228. The number of benzene rings is 1. The molecule has 1 aliphatic rings. The average molecular weight is 358 g/mol. The lowest BCUT2D eigenvalue weighted by molar-refractivity contribution is -0.132. The van der Waals surface area contributed by atoms with E-state index >= 15 is 0 Å². The zero-order chi connectivity index (χ0) is 17.5. The molecule has 2 amide bonds. The molecule has 1 aromatic carbocycles. The van der Waals surface area contributed by atoms with Crippen LogP contribution in [0.5, 0.6) is 0 Å². The number of carbonyl (C=O) groups excluding carboxylic acids is 2. The van der Waals surface area contributed by atoms with Crippen molar-refractivity contribution in [1.29, 1.82) is 0 Å². The number of anilines is 1. The second-order valence-electron chi connectivity index (χ2n) is 6.12. The van der Waals surface area contributed by atoms with Crippen LogP contribution in [0.25, 0.3) is 0 Å². The van der Waals surface area contributed by atoms with E-state index in [1.165, 1.54) is 17.8 Å². The van der Waals surface area contributed by atoms with Gasteiger partial charge in [0.2, 0.25) is 10.9 Å². The second kappa shape index (κ2) is 8.71. The number of aryl methyl sites for hydroxylation is 1. The fourth-order valence-corrected chi connectivity index (χ4v) is 3.62. The summed E-state index contributed by atoms with van der Waals surface area (Å²) in [6.45, 7) is 1.78. The molecule has 0 atom stereocenters. The van der Waals surface area contributed by atoms with Crippen LogP contribution in [-0.4, -0.2) is 40.0 Å². The first-order valence-electron chi connectivity index (χ1n) is 8.69. The Hall–Kier alpha value is -2.28. The summed E-state index contributed by atoms with van der Waals surface area (Å²) < 4.78 is 0. The van der Waals surface area contributed by atoms with Crippen LogP contribution in [0.2, 0.25) is 0 Å². The second-order valence-corrected chi connectivity index (χ2v) is 7.18. The van der Waals surface area contributed by atoms with Crippen molar-refractivity contribution in [3.8, 4) is 0 Å². The summed E-state index contributed by atoms with van der Waals surface area (Å²) in [7, 11) is 0. The third-order valence-corrected chi connectivity index (χ3v) is 5.16. The number of nitrogens with one attached hydrogen (secondary N) is 1. The van der Waals surface area contributed by atoms with Gasteiger partial charge in [-0.1, -0.05) is 29.5 Å². The molecule has 0 unspecified atom stereocenters. The topological polar surface area (TPSA) is 75.2 Å². The molecule has 1 aromatic heterocycles. The number of piperidine rings is 1. The molecule has 1 N–H and O–H groups in total. The van der Waals surface area contributed by atoms with Crippen molar-refractivity contribution in [3.63, 3.8) is 0 Å². The van der Waals surface area contributed by atoms with Gasteiger partial charge in [-0.25, -0.2) is 0 Å². The van der Waals surface area contributed by atoms with Gasteiger partial charge in [-0.3, -0.25) is 9.59 Å². The molecule has 0 spiro atoms. The zero-order valence-corrected chi connectivity index (χ0v) is 14.9. The van der Waals surface area contributed by atoms with Crippen LogP contribution in [0.4, 0.5) is 5.69 Å². The third kappa shape index (κ3) is 5.09. The first-order chi connectivity index (χ1) is 12.2. The molecule has 132 valence electrons. The number of hydrogen-bond donors (Lipinski definition) is 1. The largest absolute Gasteiger partial charge is 0.343 e. The summed E-state index contributed by atoms with van der Waals surface area (Å²) in [5.74, 6) is -0.0226. The molecule has 0 aliphatic carbocycles. The molecule has 2 heterocycles. The van der Waals surface area contributed by atoms with E-state index in [9.17, 15) is 9.59 Å². The monoisotopic (exact) mass is 358 g/mol. The Morgan fingerprint density at radius 2 is 1.84 bits per heavy atom. The Bertz CT molecular complexity index is 711. The third-order valence-electron chi connectivity index (χ3n) is 4.18. The molecular formula is C18H22N4O2S. The normalized spacial score (nSPS) is 14.3. The van der Waals surface area contributed by atoms with Crippen LogP contribution in [0.1, 0.15) is 46.9 Å². The number of carbonyl (C=O) groups is 2. The smallest absolute Gasteiger partial charge is 0.286 e. The number of hydrogen-bond acceptors (Lipinski definition) is 5. The van der Waals surface area contributed by atoms with Gasteiger partial charge in [0, 0.05) is 31.6 Å². The van der Waals surface area contributed by atoms with Gasteiger partial charge in [0.05, 0.1) is 0 Å². The number of rotatable bonds is 6. The average Bonchev–Trinajstić information content (AvgIpc) is 3.12. The summed E-state index contributed by atoms with van der Waals surface area (Å²) in [4.78, 5) is 26.2. The molecule has 1 saturated heterocycles. The Balaban J connectivity index is 1.45. The van der Waals surface area contributed by atoms with E-state index in [0.29, 0.717) is 17.8 Å². The van der Waals surface area contributed by atoms with Gasteiger partial charge in [-0.05, 0) is 37.8 Å². The van der Waals surface area contributed by atoms with E-state index in [-0.39, 0.29) is 11.8 Å². The van der Waals surface area contributed by atoms with Gasteiger partial charge in [-0.15, -0.1) is 10.2 Å². The first-order valence-corrected chi connectivity index (χ1v) is 9.50. The molecule has 1 aliphatic heterocycles. The maximum absolute atomic E-state index is 12.2. The maximum atomic E-state index is 12.2. The van der Waals surface area contributed by atoms with Crippen LogP contribution in [-0.2, 0) is 11.2 Å². The highest BCUT2D eigenvalue weighted by atomic mass is 32.1. The van der Waals surface area contributed by atoms with E-state index in [4.69, 9.17) is 0 Å². The van der Waals surface area contributed by atoms with E-state index < -0.39 is 0 Å². The van der Waals surface area contributed by atoms with Gasteiger partial charge < -0.3 is 10.2 Å². The summed E-state index contributed by atoms with van der Waals surface area (Å²) >= 11 is 1.29. The minimum Gasteiger partial charge on any atom is -0.343 e. The van der Waals surface area contributed by atoms with Gasteiger partial charge >= 0.3 is 0 Å². The fraction of sp³-hybridized carbons (Fsp3) is 0.444. The molecule has 1 fully saturated rings. The number of para-hydroxylation sites is 1. The summed E-state index contributed by atoms with van der Waals surface area (Å²) in [5.41, 5.74) is 0.733. The van der Waals surface area contributed by atoms with Gasteiger partial charge in [0.25, 0.3) is 5.91 Å². The van der Waals surface area contributed by atoms with Crippen molar-refractivity contribution in [1.82, 2.24) is 15.1 Å². The van der Waals surface area contributed by atoms with Gasteiger partial charge in [0.1, 0.15) is 5.01 Å².